The standard InChI is InChI=1S/C17H35N3O/c1-5-6-11-20(16(21)15-17(2,3)4)12-7-10-19-13-8-18-9-14-19/h18H,5-15H2,1-4H3. The highest BCUT2D eigenvalue weighted by Gasteiger charge is 2.21. The van der Waals surface area contributed by atoms with Crippen molar-refractivity contribution in [1.82, 2.24) is 15.1 Å². The van der Waals surface area contributed by atoms with Gasteiger partial charge in [-0.2, -0.15) is 0 Å². The van der Waals surface area contributed by atoms with Crippen molar-refractivity contribution in [3.05, 3.63) is 0 Å². The van der Waals surface area contributed by atoms with Crippen LogP contribution in [-0.2, 0) is 4.79 Å². The van der Waals surface area contributed by atoms with Gasteiger partial charge in [0.05, 0.1) is 0 Å². The van der Waals surface area contributed by atoms with Gasteiger partial charge in [-0.05, 0) is 24.8 Å². The molecule has 0 aromatic rings. The van der Waals surface area contributed by atoms with Crippen molar-refractivity contribution in [1.29, 1.82) is 0 Å². The van der Waals surface area contributed by atoms with E-state index in [9.17, 15) is 4.79 Å². The fourth-order valence-corrected chi connectivity index (χ4v) is 2.70. The maximum Gasteiger partial charge on any atom is 0.223 e. The molecule has 1 aliphatic heterocycles. The Balaban J connectivity index is 2.35. The fourth-order valence-electron chi connectivity index (χ4n) is 2.70. The van der Waals surface area contributed by atoms with Crippen LogP contribution in [0, 0.1) is 5.41 Å². The van der Waals surface area contributed by atoms with Crippen LogP contribution in [0.25, 0.3) is 0 Å². The number of carbonyl (C=O) groups excluding carboxylic acids is 1. The predicted molar refractivity (Wildman–Crippen MR) is 89.5 cm³/mol. The third kappa shape index (κ3) is 8.42. The molecule has 0 atom stereocenters. The molecule has 21 heavy (non-hydrogen) atoms. The topological polar surface area (TPSA) is 35.6 Å². The minimum atomic E-state index is 0.0834. The molecule has 1 amide bonds. The summed E-state index contributed by atoms with van der Waals surface area (Å²) in [5.41, 5.74) is 0.0834. The van der Waals surface area contributed by atoms with Crippen molar-refractivity contribution in [2.24, 2.45) is 5.41 Å². The normalized spacial score (nSPS) is 17.0. The minimum Gasteiger partial charge on any atom is -0.343 e. The second-order valence-electron chi connectivity index (χ2n) is 7.42. The van der Waals surface area contributed by atoms with Crippen LogP contribution >= 0.6 is 0 Å². The Morgan fingerprint density at radius 1 is 1.14 bits per heavy atom. The fraction of sp³-hybridized carbons (Fsp3) is 0.941. The summed E-state index contributed by atoms with van der Waals surface area (Å²) in [4.78, 5) is 17.0. The third-order valence-electron chi connectivity index (χ3n) is 3.93. The van der Waals surface area contributed by atoms with E-state index in [0.717, 1.165) is 65.1 Å². The van der Waals surface area contributed by atoms with E-state index in [0.29, 0.717) is 12.3 Å². The van der Waals surface area contributed by atoms with Crippen molar-refractivity contribution in [3.8, 4) is 0 Å². The van der Waals surface area contributed by atoms with Gasteiger partial charge in [-0.25, -0.2) is 0 Å². The zero-order chi connectivity index (χ0) is 15.7. The summed E-state index contributed by atoms with van der Waals surface area (Å²) in [5.74, 6) is 0.330. The van der Waals surface area contributed by atoms with Gasteiger partial charge >= 0.3 is 0 Å². The Morgan fingerprint density at radius 2 is 1.76 bits per heavy atom. The molecular formula is C17H35N3O. The van der Waals surface area contributed by atoms with E-state index in [1.807, 2.05) is 0 Å². The summed E-state index contributed by atoms with van der Waals surface area (Å²) in [6.45, 7) is 16.1. The lowest BCUT2D eigenvalue weighted by molar-refractivity contribution is -0.133. The van der Waals surface area contributed by atoms with Gasteiger partial charge in [0.25, 0.3) is 0 Å². The first-order chi connectivity index (χ1) is 9.92. The Hall–Kier alpha value is -0.610. The molecule has 4 nitrogen and oxygen atoms in total. The van der Waals surface area contributed by atoms with Crippen LogP contribution in [0.3, 0.4) is 0 Å². The maximum atomic E-state index is 12.4. The van der Waals surface area contributed by atoms with Crippen LogP contribution in [-0.4, -0.2) is 61.5 Å². The van der Waals surface area contributed by atoms with E-state index in [1.165, 1.54) is 0 Å². The molecule has 0 aliphatic carbocycles. The summed E-state index contributed by atoms with van der Waals surface area (Å²) in [7, 11) is 0. The molecule has 1 N–H and O–H groups in total. The molecule has 0 radical (unpaired) electrons. The summed E-state index contributed by atoms with van der Waals surface area (Å²) >= 11 is 0. The Kier molecular flexibility index (Phi) is 8.27. The summed E-state index contributed by atoms with van der Waals surface area (Å²) in [5, 5.41) is 3.38. The van der Waals surface area contributed by atoms with Gasteiger partial charge in [0.2, 0.25) is 5.91 Å². The molecule has 1 heterocycles. The first-order valence-electron chi connectivity index (χ1n) is 8.63. The molecule has 1 fully saturated rings. The summed E-state index contributed by atoms with van der Waals surface area (Å²) < 4.78 is 0. The molecule has 0 spiro atoms. The van der Waals surface area contributed by atoms with Gasteiger partial charge < -0.3 is 15.1 Å². The molecular weight excluding hydrogens is 262 g/mol. The molecule has 1 aliphatic rings. The van der Waals surface area contributed by atoms with Gasteiger partial charge in [-0.3, -0.25) is 4.79 Å². The number of hydrogen-bond acceptors (Lipinski definition) is 3. The number of carbonyl (C=O) groups is 1. The van der Waals surface area contributed by atoms with E-state index in [4.69, 9.17) is 0 Å². The Morgan fingerprint density at radius 3 is 2.33 bits per heavy atom. The SMILES string of the molecule is CCCCN(CCCN1CCNCC1)C(=O)CC(C)(C)C. The van der Waals surface area contributed by atoms with E-state index in [1.54, 1.807) is 0 Å². The number of amides is 1. The number of nitrogens with one attached hydrogen (secondary N) is 1. The maximum absolute atomic E-state index is 12.4. The highest BCUT2D eigenvalue weighted by atomic mass is 16.2. The zero-order valence-electron chi connectivity index (χ0n) is 14.6. The molecule has 124 valence electrons. The van der Waals surface area contributed by atoms with Crippen LogP contribution < -0.4 is 5.32 Å². The summed E-state index contributed by atoms with van der Waals surface area (Å²) in [6, 6.07) is 0. The van der Waals surface area contributed by atoms with Gasteiger partial charge in [-0.1, -0.05) is 34.1 Å². The quantitative estimate of drug-likeness (QED) is 0.747. The molecule has 1 rings (SSSR count). The third-order valence-corrected chi connectivity index (χ3v) is 3.93. The van der Waals surface area contributed by atoms with Crippen LogP contribution in [0.2, 0.25) is 0 Å². The molecule has 0 aromatic heterocycles. The number of piperazine rings is 1. The van der Waals surface area contributed by atoms with Crippen LogP contribution in [0.5, 0.6) is 0 Å². The van der Waals surface area contributed by atoms with E-state index in [2.05, 4.69) is 42.8 Å². The van der Waals surface area contributed by atoms with Crippen molar-refractivity contribution in [2.75, 3.05) is 45.8 Å². The van der Waals surface area contributed by atoms with Crippen molar-refractivity contribution >= 4 is 5.91 Å². The molecule has 1 saturated heterocycles. The molecule has 0 bridgehead atoms. The molecule has 0 aromatic carbocycles. The number of nitrogens with zero attached hydrogens (tertiary/aromatic N) is 2. The number of rotatable bonds is 8. The lowest BCUT2D eigenvalue weighted by atomic mass is 9.91. The van der Waals surface area contributed by atoms with Gasteiger partial charge in [0.1, 0.15) is 0 Å². The average Bonchev–Trinajstić information content (AvgIpc) is 2.41. The number of unbranched alkanes of at least 4 members (excludes halogenated alkanes) is 1. The van der Waals surface area contributed by atoms with E-state index < -0.39 is 0 Å². The molecule has 0 saturated carbocycles. The highest BCUT2D eigenvalue weighted by Crippen LogP contribution is 2.20. The second-order valence-corrected chi connectivity index (χ2v) is 7.42. The average molecular weight is 297 g/mol. The van der Waals surface area contributed by atoms with E-state index >= 15 is 0 Å². The van der Waals surface area contributed by atoms with Crippen LogP contribution in [0.15, 0.2) is 0 Å². The van der Waals surface area contributed by atoms with Crippen molar-refractivity contribution in [2.45, 2.75) is 53.4 Å². The van der Waals surface area contributed by atoms with Gasteiger partial charge in [0, 0.05) is 45.7 Å². The van der Waals surface area contributed by atoms with E-state index in [-0.39, 0.29) is 5.41 Å². The monoisotopic (exact) mass is 297 g/mol. The first kappa shape index (κ1) is 18.4. The van der Waals surface area contributed by atoms with Gasteiger partial charge in [0.15, 0.2) is 0 Å². The van der Waals surface area contributed by atoms with Crippen LogP contribution in [0.4, 0.5) is 0 Å². The summed E-state index contributed by atoms with van der Waals surface area (Å²) in [6.07, 6.45) is 4.02. The van der Waals surface area contributed by atoms with Crippen molar-refractivity contribution in [3.63, 3.8) is 0 Å². The van der Waals surface area contributed by atoms with Crippen molar-refractivity contribution < 1.29 is 4.79 Å². The minimum absolute atomic E-state index is 0.0834. The van der Waals surface area contributed by atoms with Crippen LogP contribution in [0.1, 0.15) is 53.4 Å². The molecule has 0 unspecified atom stereocenters. The number of hydrogen-bond donors (Lipinski definition) is 1. The predicted octanol–water partition coefficient (Wildman–Crippen LogP) is 2.35. The highest BCUT2D eigenvalue weighted by molar-refractivity contribution is 5.76. The first-order valence-corrected chi connectivity index (χ1v) is 8.63. The second kappa shape index (κ2) is 9.42. The lowest BCUT2D eigenvalue weighted by Crippen LogP contribution is -2.44. The smallest absolute Gasteiger partial charge is 0.223 e. The lowest BCUT2D eigenvalue weighted by Gasteiger charge is -2.30. The zero-order valence-corrected chi connectivity index (χ0v) is 14.6. The molecule has 4 heteroatoms. The van der Waals surface area contributed by atoms with Gasteiger partial charge in [-0.15, -0.1) is 0 Å². The Bertz CT molecular complexity index is 293. The largest absolute Gasteiger partial charge is 0.343 e. The Labute approximate surface area is 131 Å².